The van der Waals surface area contributed by atoms with Crippen molar-refractivity contribution in [1.82, 2.24) is 20.0 Å². The molecule has 33 heavy (non-hydrogen) atoms. The second kappa shape index (κ2) is 9.94. The van der Waals surface area contributed by atoms with Crippen LogP contribution in [0.2, 0.25) is 0 Å². The number of hydrogen-bond acceptors (Lipinski definition) is 5. The third kappa shape index (κ3) is 5.53. The number of benzene rings is 1. The van der Waals surface area contributed by atoms with E-state index < -0.39 is 6.03 Å². The summed E-state index contributed by atoms with van der Waals surface area (Å²) < 4.78 is 1.68. The predicted octanol–water partition coefficient (Wildman–Crippen LogP) is 2.38. The van der Waals surface area contributed by atoms with Crippen molar-refractivity contribution in [2.45, 2.75) is 20.8 Å². The largest absolute Gasteiger partial charge is 0.355 e. The summed E-state index contributed by atoms with van der Waals surface area (Å²) in [7, 11) is 1.61. The highest BCUT2D eigenvalue weighted by molar-refractivity contribution is 6.02. The van der Waals surface area contributed by atoms with Crippen molar-refractivity contribution in [1.29, 1.82) is 0 Å². The molecule has 10 nitrogen and oxygen atoms in total. The minimum Gasteiger partial charge on any atom is -0.355 e. The first-order valence-electron chi connectivity index (χ1n) is 10.3. The van der Waals surface area contributed by atoms with Gasteiger partial charge in [0.05, 0.1) is 11.3 Å². The lowest BCUT2D eigenvalue weighted by atomic mass is 10.1. The first-order valence-corrected chi connectivity index (χ1v) is 10.3. The molecule has 0 spiro atoms. The Balaban J connectivity index is 1.78. The molecule has 0 aliphatic rings. The Hall–Kier alpha value is -4.21. The molecule has 3 aromatic rings. The van der Waals surface area contributed by atoms with Crippen molar-refractivity contribution in [3.8, 4) is 0 Å². The smallest absolute Gasteiger partial charge is 0.327 e. The number of carbonyl (C=O) groups excluding carboxylic acids is 4. The van der Waals surface area contributed by atoms with E-state index in [2.05, 4.69) is 20.9 Å². The van der Waals surface area contributed by atoms with Gasteiger partial charge in [0.25, 0.3) is 5.91 Å². The number of anilines is 2. The van der Waals surface area contributed by atoms with Crippen LogP contribution >= 0.6 is 0 Å². The van der Waals surface area contributed by atoms with Crippen LogP contribution in [0.15, 0.2) is 42.6 Å². The van der Waals surface area contributed by atoms with Crippen LogP contribution in [0.25, 0.3) is 5.65 Å². The molecule has 0 aliphatic carbocycles. The van der Waals surface area contributed by atoms with Crippen molar-refractivity contribution in [2.75, 3.05) is 30.4 Å². The standard InChI is InChI=1S/C23H26N6O4/c1-14-22(28(4)23(33)27-19-8-5-17(6-9-19)15(2)30)29-13-18(7-10-20(29)26-14)21(32)25-12-11-24-16(3)31/h5-10,13H,11-12H2,1-4H3,(H,24,31)(H,25,32)(H,27,33). The lowest BCUT2D eigenvalue weighted by Crippen LogP contribution is -2.34. The van der Waals surface area contributed by atoms with Crippen LogP contribution in [0.3, 0.4) is 0 Å². The molecule has 2 heterocycles. The fourth-order valence-electron chi connectivity index (χ4n) is 3.30. The average molecular weight is 450 g/mol. The van der Waals surface area contributed by atoms with E-state index in [-0.39, 0.29) is 24.1 Å². The van der Waals surface area contributed by atoms with E-state index in [1.54, 1.807) is 61.0 Å². The molecular weight excluding hydrogens is 424 g/mol. The average Bonchev–Trinajstić information content (AvgIpc) is 3.11. The van der Waals surface area contributed by atoms with Crippen LogP contribution < -0.4 is 20.9 Å². The number of urea groups is 1. The second-order valence-corrected chi connectivity index (χ2v) is 7.53. The Morgan fingerprint density at radius 2 is 1.58 bits per heavy atom. The summed E-state index contributed by atoms with van der Waals surface area (Å²) in [5, 5.41) is 8.14. The van der Waals surface area contributed by atoms with Crippen molar-refractivity contribution < 1.29 is 19.2 Å². The summed E-state index contributed by atoms with van der Waals surface area (Å²) in [5.41, 5.74) is 2.69. The monoisotopic (exact) mass is 450 g/mol. The number of pyridine rings is 1. The minimum absolute atomic E-state index is 0.0543. The third-order valence-corrected chi connectivity index (χ3v) is 4.97. The van der Waals surface area contributed by atoms with Crippen LogP contribution in [-0.4, -0.2) is 53.2 Å². The molecule has 0 saturated heterocycles. The molecule has 2 aromatic heterocycles. The van der Waals surface area contributed by atoms with Crippen molar-refractivity contribution in [2.24, 2.45) is 0 Å². The number of rotatable bonds is 7. The normalized spacial score (nSPS) is 10.5. The van der Waals surface area contributed by atoms with Crippen LogP contribution in [-0.2, 0) is 4.79 Å². The molecule has 3 N–H and O–H groups in total. The fourth-order valence-corrected chi connectivity index (χ4v) is 3.30. The van der Waals surface area contributed by atoms with Gasteiger partial charge in [-0.1, -0.05) is 0 Å². The van der Waals surface area contributed by atoms with Gasteiger partial charge in [-0.15, -0.1) is 0 Å². The van der Waals surface area contributed by atoms with E-state index in [9.17, 15) is 19.2 Å². The van der Waals surface area contributed by atoms with Gasteiger partial charge in [0.15, 0.2) is 5.78 Å². The first kappa shape index (κ1) is 23.5. The fraction of sp³-hybridized carbons (Fsp3) is 0.261. The molecule has 3 rings (SSSR count). The Morgan fingerprint density at radius 3 is 2.21 bits per heavy atom. The number of carbonyl (C=O) groups is 4. The van der Waals surface area contributed by atoms with Gasteiger partial charge in [0, 0.05) is 44.5 Å². The summed E-state index contributed by atoms with van der Waals surface area (Å²) in [6, 6.07) is 9.56. The Morgan fingerprint density at radius 1 is 0.939 bits per heavy atom. The van der Waals surface area contributed by atoms with Gasteiger partial charge >= 0.3 is 6.03 Å². The number of Topliss-reactive ketones (excluding diaryl/α,β-unsaturated/α-hetero) is 1. The minimum atomic E-state index is -0.402. The number of aryl methyl sites for hydroxylation is 1. The zero-order chi connectivity index (χ0) is 24.1. The molecule has 0 fully saturated rings. The molecule has 0 saturated carbocycles. The number of nitrogens with one attached hydrogen (secondary N) is 3. The maximum absolute atomic E-state index is 12.9. The predicted molar refractivity (Wildman–Crippen MR) is 125 cm³/mol. The van der Waals surface area contributed by atoms with E-state index in [0.29, 0.717) is 40.5 Å². The molecule has 172 valence electrons. The van der Waals surface area contributed by atoms with Crippen LogP contribution in [0.4, 0.5) is 16.3 Å². The number of amides is 4. The van der Waals surface area contributed by atoms with Crippen molar-refractivity contribution in [3.05, 3.63) is 59.4 Å². The highest BCUT2D eigenvalue weighted by atomic mass is 16.2. The molecule has 10 heteroatoms. The number of fused-ring (bicyclic) bond motifs is 1. The molecule has 1 aromatic carbocycles. The molecule has 0 bridgehead atoms. The van der Waals surface area contributed by atoms with Gasteiger partial charge in [0.2, 0.25) is 5.91 Å². The van der Waals surface area contributed by atoms with Crippen LogP contribution in [0.1, 0.15) is 40.3 Å². The Labute approximate surface area is 191 Å². The van der Waals surface area contributed by atoms with Gasteiger partial charge in [-0.2, -0.15) is 0 Å². The molecule has 0 atom stereocenters. The summed E-state index contributed by atoms with van der Waals surface area (Å²) >= 11 is 0. The highest BCUT2D eigenvalue weighted by Crippen LogP contribution is 2.23. The Bertz CT molecular complexity index is 1220. The second-order valence-electron chi connectivity index (χ2n) is 7.53. The summed E-state index contributed by atoms with van der Waals surface area (Å²) in [4.78, 5) is 53.6. The summed E-state index contributed by atoms with van der Waals surface area (Å²) in [6.45, 7) is 5.28. The molecular formula is C23H26N6O4. The van der Waals surface area contributed by atoms with Crippen LogP contribution in [0.5, 0.6) is 0 Å². The summed E-state index contributed by atoms with van der Waals surface area (Å²) in [6.07, 6.45) is 1.61. The molecule has 0 radical (unpaired) electrons. The Kier molecular flexibility index (Phi) is 7.07. The van der Waals surface area contributed by atoms with Gasteiger partial charge in [0.1, 0.15) is 11.5 Å². The van der Waals surface area contributed by atoms with E-state index in [0.717, 1.165) is 0 Å². The lowest BCUT2D eigenvalue weighted by molar-refractivity contribution is -0.118. The van der Waals surface area contributed by atoms with Crippen LogP contribution in [0, 0.1) is 6.92 Å². The number of imidazole rings is 1. The molecule has 0 aliphatic heterocycles. The zero-order valence-electron chi connectivity index (χ0n) is 18.9. The van der Waals surface area contributed by atoms with Crippen molar-refractivity contribution in [3.63, 3.8) is 0 Å². The van der Waals surface area contributed by atoms with Gasteiger partial charge < -0.3 is 16.0 Å². The summed E-state index contributed by atoms with van der Waals surface area (Å²) in [5.74, 6) is -0.0189. The number of hydrogen-bond donors (Lipinski definition) is 3. The third-order valence-electron chi connectivity index (χ3n) is 4.97. The van der Waals surface area contributed by atoms with Gasteiger partial charge in [-0.25, -0.2) is 9.78 Å². The van der Waals surface area contributed by atoms with E-state index in [1.165, 1.54) is 18.7 Å². The van der Waals surface area contributed by atoms with E-state index >= 15 is 0 Å². The maximum atomic E-state index is 12.9. The number of aromatic nitrogens is 2. The molecule has 0 unspecified atom stereocenters. The lowest BCUT2D eigenvalue weighted by Gasteiger charge is -2.19. The quantitative estimate of drug-likeness (QED) is 0.377. The topological polar surface area (TPSA) is 125 Å². The maximum Gasteiger partial charge on any atom is 0.327 e. The van der Waals surface area contributed by atoms with Crippen molar-refractivity contribution >= 4 is 40.8 Å². The van der Waals surface area contributed by atoms with E-state index in [4.69, 9.17) is 0 Å². The zero-order valence-corrected chi connectivity index (χ0v) is 18.9. The highest BCUT2D eigenvalue weighted by Gasteiger charge is 2.20. The van der Waals surface area contributed by atoms with E-state index in [1.807, 2.05) is 0 Å². The van der Waals surface area contributed by atoms with Gasteiger partial charge in [-0.05, 0) is 50.2 Å². The first-order chi connectivity index (χ1) is 15.7. The number of ketones is 1. The number of nitrogens with zero attached hydrogens (tertiary/aromatic N) is 3. The molecule has 4 amide bonds. The SMILES string of the molecule is CC(=O)NCCNC(=O)c1ccc2nc(C)c(N(C)C(=O)Nc3ccc(C(C)=O)cc3)n2c1. The van der Waals surface area contributed by atoms with Gasteiger partial charge in [-0.3, -0.25) is 23.7 Å².